The van der Waals surface area contributed by atoms with E-state index in [1.54, 1.807) is 43.3 Å². The zero-order chi connectivity index (χ0) is 21.6. The second-order valence-corrected chi connectivity index (χ2v) is 6.96. The van der Waals surface area contributed by atoms with Crippen molar-refractivity contribution in [3.8, 4) is 17.1 Å². The summed E-state index contributed by atoms with van der Waals surface area (Å²) in [5, 5.41) is 6.74. The Balaban J connectivity index is 1.39. The van der Waals surface area contributed by atoms with Crippen LogP contribution >= 0.6 is 0 Å². The van der Waals surface area contributed by atoms with Crippen molar-refractivity contribution in [3.05, 3.63) is 102 Å². The Kier molecular flexibility index (Phi) is 6.03. The molecular weight excluding hydrogens is 397 g/mol. The highest BCUT2D eigenvalue weighted by Crippen LogP contribution is 2.20. The molecule has 1 heterocycles. The quantitative estimate of drug-likeness (QED) is 0.461. The van der Waals surface area contributed by atoms with E-state index < -0.39 is 6.04 Å². The maximum Gasteiger partial charge on any atom is 0.252 e. The summed E-state index contributed by atoms with van der Waals surface area (Å²) in [5.41, 5.74) is 2.12. The van der Waals surface area contributed by atoms with Crippen molar-refractivity contribution in [2.45, 2.75) is 19.6 Å². The first kappa shape index (κ1) is 20.3. The minimum Gasteiger partial charge on any atom is -0.489 e. The van der Waals surface area contributed by atoms with Gasteiger partial charge in [0.05, 0.1) is 0 Å². The van der Waals surface area contributed by atoms with Crippen molar-refractivity contribution in [3.63, 3.8) is 0 Å². The van der Waals surface area contributed by atoms with Gasteiger partial charge in [0, 0.05) is 11.1 Å². The number of halogens is 1. The van der Waals surface area contributed by atoms with Crippen molar-refractivity contribution in [2.75, 3.05) is 0 Å². The molecule has 0 saturated heterocycles. The van der Waals surface area contributed by atoms with Crippen LogP contribution in [0.5, 0.6) is 5.75 Å². The van der Waals surface area contributed by atoms with Gasteiger partial charge in [-0.25, -0.2) is 4.39 Å². The Labute approximate surface area is 178 Å². The molecule has 7 heteroatoms. The van der Waals surface area contributed by atoms with Crippen LogP contribution < -0.4 is 10.1 Å². The van der Waals surface area contributed by atoms with Gasteiger partial charge >= 0.3 is 0 Å². The zero-order valence-electron chi connectivity index (χ0n) is 16.8. The lowest BCUT2D eigenvalue weighted by molar-refractivity contribution is 0.0932. The summed E-state index contributed by atoms with van der Waals surface area (Å²) < 4.78 is 24.1. The SMILES string of the molecule is CC(NC(=O)c1cccc(OCc2ccccc2)c1)c1nc(-c2ccc(F)cc2)no1. The molecule has 0 aliphatic carbocycles. The van der Waals surface area contributed by atoms with Crippen LogP contribution in [0, 0.1) is 5.82 Å². The van der Waals surface area contributed by atoms with Crippen LogP contribution in [-0.4, -0.2) is 16.0 Å². The molecule has 0 radical (unpaired) electrons. The van der Waals surface area contributed by atoms with E-state index in [1.165, 1.54) is 12.1 Å². The van der Waals surface area contributed by atoms with Crippen molar-refractivity contribution in [2.24, 2.45) is 0 Å². The largest absolute Gasteiger partial charge is 0.489 e. The van der Waals surface area contributed by atoms with Gasteiger partial charge in [-0.2, -0.15) is 4.98 Å². The molecule has 156 valence electrons. The molecule has 6 nitrogen and oxygen atoms in total. The standard InChI is InChI=1S/C24H20FN3O3/c1-16(24-27-22(28-31-24)18-10-12-20(25)13-11-18)26-23(29)19-8-5-9-21(14-19)30-15-17-6-3-2-4-7-17/h2-14,16H,15H2,1H3,(H,26,29). The summed E-state index contributed by atoms with van der Waals surface area (Å²) in [6, 6.07) is 22.0. The van der Waals surface area contributed by atoms with Crippen molar-refractivity contribution in [1.82, 2.24) is 15.5 Å². The smallest absolute Gasteiger partial charge is 0.252 e. The number of aromatic nitrogens is 2. The Morgan fingerprint density at radius 2 is 1.84 bits per heavy atom. The number of hydrogen-bond acceptors (Lipinski definition) is 5. The van der Waals surface area contributed by atoms with E-state index in [0.717, 1.165) is 5.56 Å². The third kappa shape index (κ3) is 5.14. The molecule has 0 aliphatic heterocycles. The molecule has 0 aliphatic rings. The van der Waals surface area contributed by atoms with Gasteiger partial charge in [-0.3, -0.25) is 4.79 Å². The topological polar surface area (TPSA) is 77.2 Å². The number of carbonyl (C=O) groups is 1. The molecule has 0 bridgehead atoms. The first-order valence-corrected chi connectivity index (χ1v) is 9.76. The van der Waals surface area contributed by atoms with Gasteiger partial charge in [-0.05, 0) is 55.0 Å². The number of nitrogens with zero attached hydrogens (tertiary/aromatic N) is 2. The van der Waals surface area contributed by atoms with Gasteiger partial charge < -0.3 is 14.6 Å². The van der Waals surface area contributed by atoms with Crippen LogP contribution in [0.4, 0.5) is 4.39 Å². The molecule has 3 aromatic carbocycles. The van der Waals surface area contributed by atoms with E-state index in [4.69, 9.17) is 9.26 Å². The molecule has 0 saturated carbocycles. The van der Waals surface area contributed by atoms with E-state index in [2.05, 4.69) is 15.5 Å². The predicted molar refractivity (Wildman–Crippen MR) is 113 cm³/mol. The van der Waals surface area contributed by atoms with Gasteiger partial charge in [-0.15, -0.1) is 0 Å². The van der Waals surface area contributed by atoms with Crippen LogP contribution in [-0.2, 0) is 6.61 Å². The van der Waals surface area contributed by atoms with Gasteiger partial charge in [0.15, 0.2) is 0 Å². The van der Waals surface area contributed by atoms with E-state index in [1.807, 2.05) is 30.3 Å². The fourth-order valence-corrected chi connectivity index (χ4v) is 2.94. The highest BCUT2D eigenvalue weighted by molar-refractivity contribution is 5.94. The summed E-state index contributed by atoms with van der Waals surface area (Å²) in [6.45, 7) is 2.16. The van der Waals surface area contributed by atoms with Crippen molar-refractivity contribution < 1.29 is 18.4 Å². The lowest BCUT2D eigenvalue weighted by atomic mass is 10.2. The monoisotopic (exact) mass is 417 g/mol. The molecule has 31 heavy (non-hydrogen) atoms. The lowest BCUT2D eigenvalue weighted by Gasteiger charge is -2.11. The van der Waals surface area contributed by atoms with E-state index in [9.17, 15) is 9.18 Å². The second kappa shape index (κ2) is 9.21. The highest BCUT2D eigenvalue weighted by Gasteiger charge is 2.18. The highest BCUT2D eigenvalue weighted by atomic mass is 19.1. The van der Waals surface area contributed by atoms with E-state index in [0.29, 0.717) is 29.3 Å². The summed E-state index contributed by atoms with van der Waals surface area (Å²) in [5.74, 6) is 0.541. The van der Waals surface area contributed by atoms with Crippen LogP contribution in [0.1, 0.15) is 34.8 Å². The van der Waals surface area contributed by atoms with Crippen LogP contribution in [0.15, 0.2) is 83.4 Å². The summed E-state index contributed by atoms with van der Waals surface area (Å²) in [7, 11) is 0. The average Bonchev–Trinajstić information content (AvgIpc) is 3.29. The first-order chi connectivity index (χ1) is 15.1. The Morgan fingerprint density at radius 3 is 2.61 bits per heavy atom. The maximum absolute atomic E-state index is 13.1. The number of rotatable bonds is 7. The average molecular weight is 417 g/mol. The van der Waals surface area contributed by atoms with Gasteiger partial charge in [0.25, 0.3) is 5.91 Å². The molecule has 4 rings (SSSR count). The van der Waals surface area contributed by atoms with Crippen molar-refractivity contribution >= 4 is 5.91 Å². The van der Waals surface area contributed by atoms with Crippen LogP contribution in [0.3, 0.4) is 0 Å². The van der Waals surface area contributed by atoms with E-state index in [-0.39, 0.29) is 17.6 Å². The minimum absolute atomic E-state index is 0.254. The zero-order valence-corrected chi connectivity index (χ0v) is 16.8. The Hall–Kier alpha value is -4.00. The molecule has 0 fully saturated rings. The number of amides is 1. The summed E-state index contributed by atoms with van der Waals surface area (Å²) >= 11 is 0. The molecule has 1 N–H and O–H groups in total. The van der Waals surface area contributed by atoms with Gasteiger partial charge in [-0.1, -0.05) is 41.6 Å². The van der Waals surface area contributed by atoms with E-state index >= 15 is 0 Å². The molecule has 1 unspecified atom stereocenters. The molecule has 4 aromatic rings. The van der Waals surface area contributed by atoms with Gasteiger partial charge in [0.1, 0.15) is 24.2 Å². The minimum atomic E-state index is -0.511. The fraction of sp³-hybridized carbons (Fsp3) is 0.125. The summed E-state index contributed by atoms with van der Waals surface area (Å²) in [6.07, 6.45) is 0. The normalized spacial score (nSPS) is 11.7. The second-order valence-electron chi connectivity index (χ2n) is 6.96. The van der Waals surface area contributed by atoms with Gasteiger partial charge in [0.2, 0.25) is 11.7 Å². The van der Waals surface area contributed by atoms with Crippen molar-refractivity contribution in [1.29, 1.82) is 0 Å². The third-order valence-corrected chi connectivity index (χ3v) is 4.61. The summed E-state index contributed by atoms with van der Waals surface area (Å²) in [4.78, 5) is 17.0. The van der Waals surface area contributed by atoms with Crippen LogP contribution in [0.25, 0.3) is 11.4 Å². The number of hydrogen-bond donors (Lipinski definition) is 1. The fourth-order valence-electron chi connectivity index (χ4n) is 2.94. The first-order valence-electron chi connectivity index (χ1n) is 9.76. The third-order valence-electron chi connectivity index (χ3n) is 4.61. The predicted octanol–water partition coefficient (Wildman–Crippen LogP) is 4.95. The maximum atomic E-state index is 13.1. The molecule has 0 spiro atoms. The number of ether oxygens (including phenoxy) is 1. The number of benzene rings is 3. The lowest BCUT2D eigenvalue weighted by Crippen LogP contribution is -2.26. The molecular formula is C24H20FN3O3. The number of nitrogens with one attached hydrogen (secondary N) is 1. The Bertz CT molecular complexity index is 1160. The Morgan fingerprint density at radius 1 is 1.06 bits per heavy atom. The molecule has 1 aromatic heterocycles. The molecule has 1 atom stereocenters. The van der Waals surface area contributed by atoms with Crippen LogP contribution in [0.2, 0.25) is 0 Å². The number of carbonyl (C=O) groups excluding carboxylic acids is 1. The molecule has 1 amide bonds.